The van der Waals surface area contributed by atoms with E-state index in [0.29, 0.717) is 18.0 Å². The summed E-state index contributed by atoms with van der Waals surface area (Å²) >= 11 is 1.28. The van der Waals surface area contributed by atoms with Crippen LogP contribution < -0.4 is 15.4 Å². The molecule has 1 aliphatic heterocycles. The number of thiazole rings is 1. The van der Waals surface area contributed by atoms with Crippen LogP contribution in [0.1, 0.15) is 25.7 Å². The van der Waals surface area contributed by atoms with E-state index in [1.54, 1.807) is 7.11 Å². The Bertz CT molecular complexity index is 918. The van der Waals surface area contributed by atoms with Crippen molar-refractivity contribution in [2.45, 2.75) is 31.2 Å². The van der Waals surface area contributed by atoms with E-state index >= 15 is 0 Å². The number of anilines is 1. The minimum atomic E-state index is -0.805. The number of nitrogens with zero attached hydrogens (tertiary/aromatic N) is 2. The molecule has 2 fully saturated rings. The molecule has 1 spiro atoms. The number of aromatic nitrogens is 1. The highest BCUT2D eigenvalue weighted by atomic mass is 32.1. The summed E-state index contributed by atoms with van der Waals surface area (Å²) in [7, 11) is 1.60. The molecule has 2 aliphatic rings. The molecule has 146 valence electrons. The maximum absolute atomic E-state index is 12.6. The van der Waals surface area contributed by atoms with E-state index in [0.717, 1.165) is 34.7 Å². The largest absolute Gasteiger partial charge is 0.497 e. The number of carbonyl (C=O) groups excluding carboxylic acids is 3. The SMILES string of the molecule is COc1ccc(-c2csc(NC(=O)CN3C(=O)NC4(CCCC4)C3=O)n2)cc1. The van der Waals surface area contributed by atoms with Gasteiger partial charge in [0.2, 0.25) is 5.91 Å². The van der Waals surface area contributed by atoms with Gasteiger partial charge in [-0.1, -0.05) is 12.8 Å². The Morgan fingerprint density at radius 2 is 2.00 bits per heavy atom. The van der Waals surface area contributed by atoms with Crippen LogP contribution in [0, 0.1) is 0 Å². The van der Waals surface area contributed by atoms with Gasteiger partial charge in [-0.05, 0) is 37.1 Å². The molecule has 1 aromatic heterocycles. The molecule has 2 heterocycles. The van der Waals surface area contributed by atoms with E-state index in [1.165, 1.54) is 11.3 Å². The Morgan fingerprint density at radius 1 is 1.29 bits per heavy atom. The molecule has 1 aliphatic carbocycles. The summed E-state index contributed by atoms with van der Waals surface area (Å²) in [6, 6.07) is 6.94. The van der Waals surface area contributed by atoms with Crippen molar-refractivity contribution >= 4 is 34.3 Å². The van der Waals surface area contributed by atoms with Gasteiger partial charge in [0.15, 0.2) is 5.13 Å². The molecule has 0 atom stereocenters. The van der Waals surface area contributed by atoms with E-state index < -0.39 is 17.5 Å². The van der Waals surface area contributed by atoms with Crippen LogP contribution in [0.5, 0.6) is 5.75 Å². The fourth-order valence-electron chi connectivity index (χ4n) is 3.67. The molecule has 4 rings (SSSR count). The third kappa shape index (κ3) is 3.33. The van der Waals surface area contributed by atoms with E-state index in [4.69, 9.17) is 4.74 Å². The van der Waals surface area contributed by atoms with Gasteiger partial charge in [-0.15, -0.1) is 11.3 Å². The van der Waals surface area contributed by atoms with Crippen LogP contribution in [0.3, 0.4) is 0 Å². The summed E-state index contributed by atoms with van der Waals surface area (Å²) in [6.07, 6.45) is 3.07. The number of urea groups is 1. The maximum atomic E-state index is 12.6. The molecule has 8 nitrogen and oxygen atoms in total. The van der Waals surface area contributed by atoms with Crippen molar-refractivity contribution in [2.24, 2.45) is 0 Å². The van der Waals surface area contributed by atoms with Gasteiger partial charge >= 0.3 is 6.03 Å². The zero-order valence-corrected chi connectivity index (χ0v) is 16.2. The number of methoxy groups -OCH3 is 1. The third-order valence-corrected chi connectivity index (χ3v) is 5.90. The molecular weight excluding hydrogens is 380 g/mol. The number of hydrogen-bond acceptors (Lipinski definition) is 6. The first-order chi connectivity index (χ1) is 13.5. The van der Waals surface area contributed by atoms with Gasteiger partial charge in [0, 0.05) is 10.9 Å². The second-order valence-electron chi connectivity index (χ2n) is 6.93. The fourth-order valence-corrected chi connectivity index (χ4v) is 4.40. The number of rotatable bonds is 5. The van der Waals surface area contributed by atoms with Crippen LogP contribution in [0.4, 0.5) is 9.93 Å². The van der Waals surface area contributed by atoms with Crippen LogP contribution in [-0.4, -0.2) is 46.9 Å². The van der Waals surface area contributed by atoms with Gasteiger partial charge in [0.1, 0.15) is 17.8 Å². The van der Waals surface area contributed by atoms with Crippen molar-refractivity contribution in [1.29, 1.82) is 0 Å². The van der Waals surface area contributed by atoms with E-state index in [9.17, 15) is 14.4 Å². The molecule has 4 amide bonds. The Balaban J connectivity index is 1.40. The number of carbonyl (C=O) groups is 3. The molecule has 0 bridgehead atoms. The smallest absolute Gasteiger partial charge is 0.325 e. The highest BCUT2D eigenvalue weighted by Crippen LogP contribution is 2.35. The van der Waals surface area contributed by atoms with Crippen LogP contribution in [0.2, 0.25) is 0 Å². The summed E-state index contributed by atoms with van der Waals surface area (Å²) < 4.78 is 5.14. The lowest BCUT2D eigenvalue weighted by atomic mass is 9.98. The molecule has 0 radical (unpaired) electrons. The lowest BCUT2D eigenvalue weighted by molar-refractivity contribution is -0.133. The van der Waals surface area contributed by atoms with Gasteiger partial charge < -0.3 is 15.4 Å². The normalized spacial score (nSPS) is 17.8. The monoisotopic (exact) mass is 400 g/mol. The average Bonchev–Trinajstić information content (AvgIpc) is 3.40. The number of ether oxygens (including phenoxy) is 1. The molecular formula is C19H20N4O4S. The highest BCUT2D eigenvalue weighted by molar-refractivity contribution is 7.14. The molecule has 1 aromatic carbocycles. The number of nitrogens with one attached hydrogen (secondary N) is 2. The standard InChI is InChI=1S/C19H20N4O4S/c1-27-13-6-4-12(5-7-13)14-11-28-17(20-14)21-15(24)10-23-16(25)19(22-18(23)26)8-2-3-9-19/h4-7,11H,2-3,8-10H2,1H3,(H,22,26)(H,20,21,24). The molecule has 2 N–H and O–H groups in total. The summed E-state index contributed by atoms with van der Waals surface area (Å²) in [6.45, 7) is -0.316. The van der Waals surface area contributed by atoms with Crippen LogP contribution in [0.25, 0.3) is 11.3 Å². The first kappa shape index (κ1) is 18.4. The fraction of sp³-hybridized carbons (Fsp3) is 0.368. The maximum Gasteiger partial charge on any atom is 0.325 e. The van der Waals surface area contributed by atoms with Crippen LogP contribution in [-0.2, 0) is 9.59 Å². The van der Waals surface area contributed by atoms with Crippen molar-refractivity contribution in [3.05, 3.63) is 29.6 Å². The molecule has 2 aromatic rings. The second-order valence-corrected chi connectivity index (χ2v) is 7.78. The summed E-state index contributed by atoms with van der Waals surface area (Å²) in [5, 5.41) is 7.69. The summed E-state index contributed by atoms with van der Waals surface area (Å²) in [5.41, 5.74) is 0.817. The predicted octanol–water partition coefficient (Wildman–Crippen LogP) is 2.62. The van der Waals surface area contributed by atoms with Gasteiger partial charge in [0.05, 0.1) is 12.8 Å². The van der Waals surface area contributed by atoms with Crippen molar-refractivity contribution in [2.75, 3.05) is 19.0 Å². The lowest BCUT2D eigenvalue weighted by Gasteiger charge is -2.19. The third-order valence-electron chi connectivity index (χ3n) is 5.14. The molecule has 28 heavy (non-hydrogen) atoms. The highest BCUT2D eigenvalue weighted by Gasteiger charge is 2.52. The van der Waals surface area contributed by atoms with Crippen LogP contribution >= 0.6 is 11.3 Å². The lowest BCUT2D eigenvalue weighted by Crippen LogP contribution is -2.44. The van der Waals surface area contributed by atoms with E-state index in [1.807, 2.05) is 29.6 Å². The Kier molecular flexibility index (Phi) is 4.76. The molecule has 9 heteroatoms. The Morgan fingerprint density at radius 3 is 2.68 bits per heavy atom. The van der Waals surface area contributed by atoms with Gasteiger partial charge in [-0.2, -0.15) is 0 Å². The molecule has 1 saturated heterocycles. The van der Waals surface area contributed by atoms with E-state index in [2.05, 4.69) is 15.6 Å². The zero-order chi connectivity index (χ0) is 19.7. The predicted molar refractivity (Wildman–Crippen MR) is 104 cm³/mol. The first-order valence-electron chi connectivity index (χ1n) is 9.05. The number of benzene rings is 1. The molecule has 1 saturated carbocycles. The van der Waals surface area contributed by atoms with Gasteiger partial charge in [-0.3, -0.25) is 14.5 Å². The van der Waals surface area contributed by atoms with Crippen molar-refractivity contribution < 1.29 is 19.1 Å². The topological polar surface area (TPSA) is 101 Å². The minimum absolute atomic E-state index is 0.303. The van der Waals surface area contributed by atoms with Gasteiger partial charge in [-0.25, -0.2) is 9.78 Å². The zero-order valence-electron chi connectivity index (χ0n) is 15.4. The Labute approximate surface area is 165 Å². The van der Waals surface area contributed by atoms with Crippen LogP contribution in [0.15, 0.2) is 29.6 Å². The number of hydrogen-bond donors (Lipinski definition) is 2. The quantitative estimate of drug-likeness (QED) is 0.752. The van der Waals surface area contributed by atoms with Gasteiger partial charge in [0.25, 0.3) is 5.91 Å². The minimum Gasteiger partial charge on any atom is -0.497 e. The molecule has 0 unspecified atom stereocenters. The summed E-state index contributed by atoms with van der Waals surface area (Å²) in [5.74, 6) is -0.00140. The second kappa shape index (κ2) is 7.23. The summed E-state index contributed by atoms with van der Waals surface area (Å²) in [4.78, 5) is 42.5. The van der Waals surface area contributed by atoms with Crippen molar-refractivity contribution in [3.63, 3.8) is 0 Å². The average molecular weight is 400 g/mol. The van der Waals surface area contributed by atoms with Crippen molar-refractivity contribution in [1.82, 2.24) is 15.2 Å². The van der Waals surface area contributed by atoms with Crippen molar-refractivity contribution in [3.8, 4) is 17.0 Å². The number of imide groups is 1. The Hall–Kier alpha value is -2.94. The number of amides is 4. The van der Waals surface area contributed by atoms with E-state index in [-0.39, 0.29) is 12.5 Å². The first-order valence-corrected chi connectivity index (χ1v) is 9.93.